The number of rotatable bonds is 3. The minimum atomic E-state index is -0.230. The molecule has 3 heterocycles. The maximum Gasteiger partial charge on any atom is 0.260 e. The molecule has 1 saturated heterocycles. The van der Waals surface area contributed by atoms with Crippen molar-refractivity contribution in [2.75, 3.05) is 36.5 Å². The summed E-state index contributed by atoms with van der Waals surface area (Å²) >= 11 is 0. The summed E-state index contributed by atoms with van der Waals surface area (Å²) in [6, 6.07) is 11.2. The van der Waals surface area contributed by atoms with E-state index in [9.17, 15) is 4.79 Å². The Morgan fingerprint density at radius 1 is 1.12 bits per heavy atom. The minimum absolute atomic E-state index is 0.230. The van der Waals surface area contributed by atoms with Crippen molar-refractivity contribution in [3.63, 3.8) is 0 Å². The zero-order valence-corrected chi connectivity index (χ0v) is 13.1. The molecule has 1 aromatic carbocycles. The molecule has 3 aromatic rings. The van der Waals surface area contributed by atoms with Crippen molar-refractivity contribution in [2.24, 2.45) is 0 Å². The highest BCUT2D eigenvalue weighted by atomic mass is 16.5. The van der Waals surface area contributed by atoms with E-state index < -0.39 is 0 Å². The standard InChI is InChI=1S/C18H17N3O3/c22-18(15-12-24-16-4-2-1-3-14(15)16)20-17-6-5-13(11-19-17)21-7-9-23-10-8-21/h1-6,11-12H,7-10H2,(H,19,20,22). The molecular weight excluding hydrogens is 306 g/mol. The van der Waals surface area contributed by atoms with Gasteiger partial charge in [-0.25, -0.2) is 4.98 Å². The van der Waals surface area contributed by atoms with Gasteiger partial charge in [0.25, 0.3) is 5.91 Å². The van der Waals surface area contributed by atoms with Crippen LogP contribution in [0.3, 0.4) is 0 Å². The molecule has 0 spiro atoms. The number of morpholine rings is 1. The summed E-state index contributed by atoms with van der Waals surface area (Å²) < 4.78 is 10.8. The fourth-order valence-electron chi connectivity index (χ4n) is 2.81. The van der Waals surface area contributed by atoms with Gasteiger partial charge in [0.05, 0.1) is 30.7 Å². The number of pyridine rings is 1. The van der Waals surface area contributed by atoms with Gasteiger partial charge >= 0.3 is 0 Å². The number of amides is 1. The molecule has 1 fully saturated rings. The van der Waals surface area contributed by atoms with Crippen LogP contribution >= 0.6 is 0 Å². The van der Waals surface area contributed by atoms with E-state index in [1.165, 1.54) is 6.26 Å². The van der Waals surface area contributed by atoms with Crippen molar-refractivity contribution in [3.8, 4) is 0 Å². The number of carbonyl (C=O) groups is 1. The molecule has 1 aliphatic heterocycles. The lowest BCUT2D eigenvalue weighted by atomic mass is 10.1. The molecule has 0 bridgehead atoms. The molecule has 4 rings (SSSR count). The molecular formula is C18H17N3O3. The second-order valence-corrected chi connectivity index (χ2v) is 5.60. The Balaban J connectivity index is 1.49. The quantitative estimate of drug-likeness (QED) is 0.803. The molecule has 1 N–H and O–H groups in total. The summed E-state index contributed by atoms with van der Waals surface area (Å²) in [5.74, 6) is 0.286. The number of aromatic nitrogens is 1. The predicted octanol–water partition coefficient (Wildman–Crippen LogP) is 2.92. The number of benzene rings is 1. The number of nitrogens with zero attached hydrogens (tertiary/aromatic N) is 2. The van der Waals surface area contributed by atoms with Crippen molar-refractivity contribution in [1.29, 1.82) is 0 Å². The molecule has 0 saturated carbocycles. The maximum absolute atomic E-state index is 12.4. The lowest BCUT2D eigenvalue weighted by Crippen LogP contribution is -2.36. The van der Waals surface area contributed by atoms with Crippen LogP contribution in [0.1, 0.15) is 10.4 Å². The number of anilines is 2. The first-order chi connectivity index (χ1) is 11.8. The van der Waals surface area contributed by atoms with Gasteiger partial charge in [0.15, 0.2) is 0 Å². The Morgan fingerprint density at radius 2 is 1.96 bits per heavy atom. The molecule has 0 unspecified atom stereocenters. The third kappa shape index (κ3) is 2.83. The fraction of sp³-hybridized carbons (Fsp3) is 0.222. The zero-order chi connectivity index (χ0) is 16.4. The lowest BCUT2D eigenvalue weighted by molar-refractivity contribution is 0.102. The summed E-state index contributed by atoms with van der Waals surface area (Å²) in [5, 5.41) is 3.60. The van der Waals surface area contributed by atoms with Gasteiger partial charge in [0, 0.05) is 18.5 Å². The molecule has 122 valence electrons. The number of furan rings is 1. The molecule has 24 heavy (non-hydrogen) atoms. The van der Waals surface area contributed by atoms with Crippen LogP contribution < -0.4 is 10.2 Å². The van der Waals surface area contributed by atoms with E-state index in [1.54, 1.807) is 6.20 Å². The number of ether oxygens (including phenoxy) is 1. The predicted molar refractivity (Wildman–Crippen MR) is 91.4 cm³/mol. The summed E-state index contributed by atoms with van der Waals surface area (Å²) in [7, 11) is 0. The molecule has 6 heteroatoms. The van der Waals surface area contributed by atoms with Crippen molar-refractivity contribution < 1.29 is 13.9 Å². The number of hydrogen-bond acceptors (Lipinski definition) is 5. The van der Waals surface area contributed by atoms with Gasteiger partial charge in [0.1, 0.15) is 17.7 Å². The first-order valence-corrected chi connectivity index (χ1v) is 7.87. The number of fused-ring (bicyclic) bond motifs is 1. The van der Waals surface area contributed by atoms with Crippen LogP contribution in [0.15, 0.2) is 53.3 Å². The van der Waals surface area contributed by atoms with Crippen LogP contribution in [0.25, 0.3) is 11.0 Å². The Bertz CT molecular complexity index is 851. The van der Waals surface area contributed by atoms with Crippen molar-refractivity contribution in [3.05, 3.63) is 54.4 Å². The SMILES string of the molecule is O=C(Nc1ccc(N2CCOCC2)cn1)c1coc2ccccc12. The first-order valence-electron chi connectivity index (χ1n) is 7.87. The summed E-state index contributed by atoms with van der Waals surface area (Å²) in [5.41, 5.74) is 2.23. The lowest BCUT2D eigenvalue weighted by Gasteiger charge is -2.28. The molecule has 6 nitrogen and oxygen atoms in total. The van der Waals surface area contributed by atoms with E-state index in [1.807, 2.05) is 36.4 Å². The largest absolute Gasteiger partial charge is 0.463 e. The fourth-order valence-corrected chi connectivity index (χ4v) is 2.81. The minimum Gasteiger partial charge on any atom is -0.463 e. The topological polar surface area (TPSA) is 67.6 Å². The van der Waals surface area contributed by atoms with Crippen molar-refractivity contribution in [2.45, 2.75) is 0 Å². The van der Waals surface area contributed by atoms with E-state index >= 15 is 0 Å². The van der Waals surface area contributed by atoms with E-state index in [2.05, 4.69) is 15.2 Å². The Morgan fingerprint density at radius 3 is 2.75 bits per heavy atom. The number of para-hydroxylation sites is 1. The number of hydrogen-bond donors (Lipinski definition) is 1. The van der Waals surface area contributed by atoms with E-state index in [0.29, 0.717) is 17.0 Å². The van der Waals surface area contributed by atoms with Crippen molar-refractivity contribution >= 4 is 28.4 Å². The molecule has 0 radical (unpaired) electrons. The molecule has 0 atom stereocenters. The van der Waals surface area contributed by atoms with E-state index in [4.69, 9.17) is 9.15 Å². The second-order valence-electron chi connectivity index (χ2n) is 5.60. The van der Waals surface area contributed by atoms with Crippen LogP contribution in [-0.4, -0.2) is 37.2 Å². The van der Waals surface area contributed by atoms with Crippen LogP contribution in [0.4, 0.5) is 11.5 Å². The van der Waals surface area contributed by atoms with Crippen LogP contribution in [0.5, 0.6) is 0 Å². The molecule has 1 aliphatic rings. The molecule has 2 aromatic heterocycles. The number of carbonyl (C=O) groups excluding carboxylic acids is 1. The van der Waals surface area contributed by atoms with Crippen LogP contribution in [-0.2, 0) is 4.74 Å². The Kier molecular flexibility index (Phi) is 3.88. The Hall–Kier alpha value is -2.86. The molecule has 1 amide bonds. The van der Waals surface area contributed by atoms with Crippen LogP contribution in [0, 0.1) is 0 Å². The Labute approximate surface area is 139 Å². The smallest absolute Gasteiger partial charge is 0.260 e. The van der Waals surface area contributed by atoms with Crippen LogP contribution in [0.2, 0.25) is 0 Å². The zero-order valence-electron chi connectivity index (χ0n) is 13.1. The average Bonchev–Trinajstić information content (AvgIpc) is 3.07. The highest BCUT2D eigenvalue weighted by Gasteiger charge is 2.15. The van der Waals surface area contributed by atoms with Crippen molar-refractivity contribution in [1.82, 2.24) is 4.98 Å². The molecule has 0 aliphatic carbocycles. The second kappa shape index (κ2) is 6.33. The highest BCUT2D eigenvalue weighted by molar-refractivity contribution is 6.11. The van der Waals surface area contributed by atoms with Gasteiger partial charge in [-0.1, -0.05) is 18.2 Å². The van der Waals surface area contributed by atoms with Gasteiger partial charge in [-0.3, -0.25) is 4.79 Å². The average molecular weight is 323 g/mol. The van der Waals surface area contributed by atoms with Gasteiger partial charge < -0.3 is 19.4 Å². The van der Waals surface area contributed by atoms with E-state index in [-0.39, 0.29) is 5.91 Å². The van der Waals surface area contributed by atoms with E-state index in [0.717, 1.165) is 37.4 Å². The summed E-state index contributed by atoms with van der Waals surface area (Å²) in [6.07, 6.45) is 3.25. The third-order valence-electron chi connectivity index (χ3n) is 4.09. The van der Waals surface area contributed by atoms with Gasteiger partial charge in [-0.15, -0.1) is 0 Å². The normalized spacial score (nSPS) is 14.8. The maximum atomic E-state index is 12.4. The third-order valence-corrected chi connectivity index (χ3v) is 4.09. The highest BCUT2D eigenvalue weighted by Crippen LogP contribution is 2.22. The van der Waals surface area contributed by atoms with Gasteiger partial charge in [-0.2, -0.15) is 0 Å². The van der Waals surface area contributed by atoms with Gasteiger partial charge in [0.2, 0.25) is 0 Å². The monoisotopic (exact) mass is 323 g/mol. The first kappa shape index (κ1) is 14.7. The number of nitrogens with one attached hydrogen (secondary N) is 1. The summed E-state index contributed by atoms with van der Waals surface area (Å²) in [4.78, 5) is 19.0. The van der Waals surface area contributed by atoms with Gasteiger partial charge in [-0.05, 0) is 18.2 Å². The summed E-state index contributed by atoms with van der Waals surface area (Å²) in [6.45, 7) is 3.17.